The third-order valence-electron chi connectivity index (χ3n) is 4.30. The maximum Gasteiger partial charge on any atom is 0.136 e. The Morgan fingerprint density at radius 1 is 1.33 bits per heavy atom. The molecule has 0 aliphatic carbocycles. The van der Waals surface area contributed by atoms with Crippen LogP contribution >= 0.6 is 0 Å². The van der Waals surface area contributed by atoms with Crippen LogP contribution in [0.25, 0.3) is 21.8 Å². The number of aryl methyl sites for hydroxylation is 2. The molecular weight excluding hydrogens is 298 g/mol. The second kappa shape index (κ2) is 7.43. The van der Waals surface area contributed by atoms with Gasteiger partial charge in [-0.1, -0.05) is 13.3 Å². The Bertz CT molecular complexity index is 863. The maximum atomic E-state index is 4.63. The van der Waals surface area contributed by atoms with Crippen molar-refractivity contribution in [3.05, 3.63) is 30.2 Å². The highest BCUT2D eigenvalue weighted by molar-refractivity contribution is 6.13. The molecule has 0 aromatic carbocycles. The summed E-state index contributed by atoms with van der Waals surface area (Å²) >= 11 is 0. The summed E-state index contributed by atoms with van der Waals surface area (Å²) in [5.41, 5.74) is 3.58. The highest BCUT2D eigenvalue weighted by Crippen LogP contribution is 2.33. The zero-order chi connectivity index (χ0) is 16.9. The molecule has 0 bridgehead atoms. The molecule has 0 fully saturated rings. The summed E-state index contributed by atoms with van der Waals surface area (Å²) in [6.45, 7) is 6.00. The Hall–Kier alpha value is -2.43. The van der Waals surface area contributed by atoms with Crippen LogP contribution < -0.4 is 5.32 Å². The lowest BCUT2D eigenvalue weighted by molar-refractivity contribution is 0.868. The quantitative estimate of drug-likeness (QED) is 0.526. The standard InChI is InChI=1S/C19H25N5/c1-4-5-8-20-9-6-10-22-19-17-15-13-21-11-7-16(15)24(3)18(17)14(2)12-23-19/h7-8,11-13H,4-6,9-10H2,1-3H3,(H,22,23). The monoisotopic (exact) mass is 323 g/mol. The normalized spacial score (nSPS) is 11.8. The van der Waals surface area contributed by atoms with Crippen molar-refractivity contribution in [2.75, 3.05) is 18.4 Å². The van der Waals surface area contributed by atoms with Crippen molar-refractivity contribution >= 4 is 33.8 Å². The molecule has 3 aromatic heterocycles. The average Bonchev–Trinajstić information content (AvgIpc) is 2.90. The van der Waals surface area contributed by atoms with E-state index in [1.807, 2.05) is 24.8 Å². The zero-order valence-corrected chi connectivity index (χ0v) is 14.7. The Labute approximate surface area is 142 Å². The first kappa shape index (κ1) is 16.4. The molecule has 24 heavy (non-hydrogen) atoms. The van der Waals surface area contributed by atoms with Gasteiger partial charge >= 0.3 is 0 Å². The Morgan fingerprint density at radius 2 is 2.21 bits per heavy atom. The fraction of sp³-hybridized carbons (Fsp3) is 0.421. The molecule has 1 N–H and O–H groups in total. The van der Waals surface area contributed by atoms with Gasteiger partial charge in [0.15, 0.2) is 0 Å². The van der Waals surface area contributed by atoms with Gasteiger partial charge in [0.05, 0.1) is 16.4 Å². The Balaban J connectivity index is 1.84. The maximum absolute atomic E-state index is 4.63. The van der Waals surface area contributed by atoms with Gasteiger partial charge < -0.3 is 9.88 Å². The molecule has 3 aromatic rings. The van der Waals surface area contributed by atoms with Crippen molar-refractivity contribution in [2.45, 2.75) is 33.1 Å². The van der Waals surface area contributed by atoms with E-state index in [9.17, 15) is 0 Å². The molecule has 0 atom stereocenters. The largest absolute Gasteiger partial charge is 0.369 e. The molecule has 5 heteroatoms. The van der Waals surface area contributed by atoms with E-state index in [4.69, 9.17) is 0 Å². The minimum absolute atomic E-state index is 0.860. The van der Waals surface area contributed by atoms with Crippen LogP contribution in [-0.4, -0.2) is 33.8 Å². The predicted molar refractivity (Wildman–Crippen MR) is 102 cm³/mol. The molecule has 126 valence electrons. The van der Waals surface area contributed by atoms with E-state index in [1.54, 1.807) is 0 Å². The first-order chi connectivity index (χ1) is 11.7. The number of anilines is 1. The average molecular weight is 323 g/mol. The lowest BCUT2D eigenvalue weighted by Gasteiger charge is -2.08. The van der Waals surface area contributed by atoms with E-state index in [-0.39, 0.29) is 0 Å². The summed E-state index contributed by atoms with van der Waals surface area (Å²) in [5.74, 6) is 0.937. The van der Waals surface area contributed by atoms with Crippen molar-refractivity contribution in [3.8, 4) is 0 Å². The third kappa shape index (κ3) is 3.11. The number of fused-ring (bicyclic) bond motifs is 3. The summed E-state index contributed by atoms with van der Waals surface area (Å²) in [4.78, 5) is 13.3. The van der Waals surface area contributed by atoms with Crippen molar-refractivity contribution in [1.29, 1.82) is 0 Å². The van der Waals surface area contributed by atoms with Crippen molar-refractivity contribution in [1.82, 2.24) is 14.5 Å². The lowest BCUT2D eigenvalue weighted by atomic mass is 10.1. The first-order valence-corrected chi connectivity index (χ1v) is 8.64. The van der Waals surface area contributed by atoms with E-state index < -0.39 is 0 Å². The summed E-state index contributed by atoms with van der Waals surface area (Å²) in [6.07, 6.45) is 11.0. The van der Waals surface area contributed by atoms with Gasteiger partial charge in [-0.2, -0.15) is 0 Å². The van der Waals surface area contributed by atoms with Crippen molar-refractivity contribution < 1.29 is 0 Å². The van der Waals surface area contributed by atoms with E-state index in [1.165, 1.54) is 16.6 Å². The highest BCUT2D eigenvalue weighted by Gasteiger charge is 2.14. The van der Waals surface area contributed by atoms with Crippen LogP contribution in [0.2, 0.25) is 0 Å². The molecule has 0 unspecified atom stereocenters. The van der Waals surface area contributed by atoms with Crippen LogP contribution in [0.5, 0.6) is 0 Å². The molecule has 0 radical (unpaired) electrons. The SMILES string of the molecule is CCCC=NCCCNc1ncc(C)c2c1c1cnccc1n2C. The number of pyridine rings is 2. The van der Waals surface area contributed by atoms with E-state index in [0.717, 1.165) is 48.9 Å². The number of aromatic nitrogens is 3. The van der Waals surface area contributed by atoms with Gasteiger partial charge in [0.25, 0.3) is 0 Å². The summed E-state index contributed by atoms with van der Waals surface area (Å²) in [6, 6.07) is 2.06. The molecule has 0 spiro atoms. The molecule has 0 aliphatic heterocycles. The predicted octanol–water partition coefficient (Wildman–Crippen LogP) is 4.10. The molecule has 0 amide bonds. The number of rotatable bonds is 7. The number of hydrogen-bond acceptors (Lipinski definition) is 4. The third-order valence-corrected chi connectivity index (χ3v) is 4.30. The highest BCUT2D eigenvalue weighted by atomic mass is 15.0. The second-order valence-electron chi connectivity index (χ2n) is 6.12. The van der Waals surface area contributed by atoms with Crippen molar-refractivity contribution in [3.63, 3.8) is 0 Å². The Morgan fingerprint density at radius 3 is 3.04 bits per heavy atom. The fourth-order valence-electron chi connectivity index (χ4n) is 3.10. The van der Waals surface area contributed by atoms with Crippen LogP contribution in [-0.2, 0) is 7.05 Å². The van der Waals surface area contributed by atoms with Crippen molar-refractivity contribution in [2.24, 2.45) is 12.0 Å². The first-order valence-electron chi connectivity index (χ1n) is 8.64. The summed E-state index contributed by atoms with van der Waals surface area (Å²) < 4.78 is 2.23. The van der Waals surface area contributed by atoms with Gasteiger partial charge in [0.1, 0.15) is 5.82 Å². The molecule has 3 rings (SSSR count). The minimum Gasteiger partial charge on any atom is -0.369 e. The number of hydrogen-bond donors (Lipinski definition) is 1. The summed E-state index contributed by atoms with van der Waals surface area (Å²) in [7, 11) is 2.10. The molecule has 3 heterocycles. The van der Waals surface area contributed by atoms with Crippen LogP contribution in [0, 0.1) is 6.92 Å². The lowest BCUT2D eigenvalue weighted by Crippen LogP contribution is -2.05. The number of unbranched alkanes of at least 4 members (excludes halogenated alkanes) is 1. The number of nitrogens with zero attached hydrogens (tertiary/aromatic N) is 4. The smallest absolute Gasteiger partial charge is 0.136 e. The Kier molecular flexibility index (Phi) is 5.08. The second-order valence-corrected chi connectivity index (χ2v) is 6.12. The van der Waals surface area contributed by atoms with Crippen LogP contribution in [0.1, 0.15) is 31.7 Å². The van der Waals surface area contributed by atoms with Gasteiger partial charge in [-0.15, -0.1) is 0 Å². The van der Waals surface area contributed by atoms with E-state index in [0.29, 0.717) is 0 Å². The number of aliphatic imine (C=N–C) groups is 1. The van der Waals surface area contributed by atoms with Crippen LogP contribution in [0.4, 0.5) is 5.82 Å². The van der Waals surface area contributed by atoms with Crippen LogP contribution in [0.15, 0.2) is 29.6 Å². The van der Waals surface area contributed by atoms with Gasteiger partial charge in [0, 0.05) is 44.1 Å². The van der Waals surface area contributed by atoms with Gasteiger partial charge in [-0.3, -0.25) is 9.98 Å². The minimum atomic E-state index is 0.860. The fourth-order valence-corrected chi connectivity index (χ4v) is 3.10. The molecule has 0 aliphatic rings. The van der Waals surface area contributed by atoms with Gasteiger partial charge in [-0.05, 0) is 37.6 Å². The number of nitrogens with one attached hydrogen (secondary N) is 1. The molecule has 5 nitrogen and oxygen atoms in total. The molecule has 0 saturated carbocycles. The van der Waals surface area contributed by atoms with E-state index in [2.05, 4.69) is 51.8 Å². The van der Waals surface area contributed by atoms with Gasteiger partial charge in [-0.25, -0.2) is 4.98 Å². The summed E-state index contributed by atoms with van der Waals surface area (Å²) in [5, 5.41) is 5.80. The topological polar surface area (TPSA) is 55.1 Å². The van der Waals surface area contributed by atoms with Gasteiger partial charge in [0.2, 0.25) is 0 Å². The molecule has 0 saturated heterocycles. The zero-order valence-electron chi connectivity index (χ0n) is 14.7. The van der Waals surface area contributed by atoms with Crippen LogP contribution in [0.3, 0.4) is 0 Å². The molecular formula is C19H25N5. The van der Waals surface area contributed by atoms with E-state index >= 15 is 0 Å².